The van der Waals surface area contributed by atoms with Gasteiger partial charge in [-0.2, -0.15) is 18.3 Å². The van der Waals surface area contributed by atoms with Crippen molar-refractivity contribution in [2.45, 2.75) is 25.6 Å². The molecule has 124 valence electrons. The monoisotopic (exact) mass is 327 g/mol. The summed E-state index contributed by atoms with van der Waals surface area (Å²) in [5.41, 5.74) is -0.344. The summed E-state index contributed by atoms with van der Waals surface area (Å²) in [5, 5.41) is 15.0. The average molecular weight is 327 g/mol. The van der Waals surface area contributed by atoms with E-state index in [2.05, 4.69) is 10.4 Å². The van der Waals surface area contributed by atoms with Gasteiger partial charge in [-0.25, -0.2) is 4.68 Å². The number of nitrogens with one attached hydrogen (secondary N) is 1. The quantitative estimate of drug-likeness (QED) is 0.886. The number of carbonyl (C=O) groups excluding carboxylic acids is 1. The van der Waals surface area contributed by atoms with E-state index in [1.165, 1.54) is 12.3 Å². The Morgan fingerprint density at radius 2 is 2.13 bits per heavy atom. The SMILES string of the molecule is CC(CCO)NC(=O)c1cccc(-n2ccc(C(F)(F)F)n2)c1. The van der Waals surface area contributed by atoms with E-state index in [0.717, 1.165) is 10.7 Å². The molecule has 23 heavy (non-hydrogen) atoms. The summed E-state index contributed by atoms with van der Waals surface area (Å²) in [6, 6.07) is 6.79. The van der Waals surface area contributed by atoms with Gasteiger partial charge in [-0.3, -0.25) is 4.79 Å². The van der Waals surface area contributed by atoms with Gasteiger partial charge in [0.05, 0.1) is 5.69 Å². The highest BCUT2D eigenvalue weighted by molar-refractivity contribution is 5.94. The highest BCUT2D eigenvalue weighted by atomic mass is 19.4. The van der Waals surface area contributed by atoms with Crippen molar-refractivity contribution in [3.63, 3.8) is 0 Å². The first-order chi connectivity index (χ1) is 10.8. The van der Waals surface area contributed by atoms with Crippen molar-refractivity contribution in [3.8, 4) is 5.69 Å². The van der Waals surface area contributed by atoms with Crippen molar-refractivity contribution in [3.05, 3.63) is 47.8 Å². The highest BCUT2D eigenvalue weighted by Gasteiger charge is 2.33. The van der Waals surface area contributed by atoms with Gasteiger partial charge in [0.25, 0.3) is 5.91 Å². The number of hydrogen-bond donors (Lipinski definition) is 2. The zero-order chi connectivity index (χ0) is 17.0. The van der Waals surface area contributed by atoms with E-state index in [1.54, 1.807) is 25.1 Å². The summed E-state index contributed by atoms with van der Waals surface area (Å²) in [6.07, 6.45) is -2.91. The Bertz CT molecular complexity index is 683. The van der Waals surface area contributed by atoms with Crippen LogP contribution in [-0.2, 0) is 6.18 Å². The van der Waals surface area contributed by atoms with Crippen LogP contribution in [0.5, 0.6) is 0 Å². The molecule has 1 atom stereocenters. The third kappa shape index (κ3) is 4.32. The maximum atomic E-state index is 12.6. The second-order valence-electron chi connectivity index (χ2n) is 5.08. The molecule has 0 radical (unpaired) electrons. The third-order valence-electron chi connectivity index (χ3n) is 3.19. The van der Waals surface area contributed by atoms with Crippen LogP contribution in [0.4, 0.5) is 13.2 Å². The van der Waals surface area contributed by atoms with Crippen LogP contribution in [-0.4, -0.2) is 33.4 Å². The van der Waals surface area contributed by atoms with Crippen molar-refractivity contribution >= 4 is 5.91 Å². The normalized spacial score (nSPS) is 12.9. The van der Waals surface area contributed by atoms with Gasteiger partial charge in [-0.1, -0.05) is 6.07 Å². The van der Waals surface area contributed by atoms with Crippen LogP contribution in [0.3, 0.4) is 0 Å². The van der Waals surface area contributed by atoms with Crippen LogP contribution in [0.25, 0.3) is 5.69 Å². The Labute approximate surface area is 130 Å². The lowest BCUT2D eigenvalue weighted by Gasteiger charge is -2.13. The van der Waals surface area contributed by atoms with Crippen molar-refractivity contribution in [1.82, 2.24) is 15.1 Å². The fourth-order valence-corrected chi connectivity index (χ4v) is 1.98. The number of carbonyl (C=O) groups is 1. The molecule has 1 heterocycles. The van der Waals surface area contributed by atoms with Crippen LogP contribution < -0.4 is 5.32 Å². The fourth-order valence-electron chi connectivity index (χ4n) is 1.98. The highest BCUT2D eigenvalue weighted by Crippen LogP contribution is 2.27. The molecule has 2 aromatic rings. The van der Waals surface area contributed by atoms with Gasteiger partial charge in [0, 0.05) is 24.4 Å². The molecule has 0 spiro atoms. The number of aliphatic hydroxyl groups is 1. The molecule has 1 amide bonds. The summed E-state index contributed by atoms with van der Waals surface area (Å²) in [7, 11) is 0. The molecule has 0 saturated heterocycles. The number of halogens is 3. The largest absolute Gasteiger partial charge is 0.435 e. The minimum Gasteiger partial charge on any atom is -0.396 e. The van der Waals surface area contributed by atoms with Gasteiger partial charge in [0.2, 0.25) is 0 Å². The fraction of sp³-hybridized carbons (Fsp3) is 0.333. The Morgan fingerprint density at radius 3 is 2.74 bits per heavy atom. The number of aliphatic hydroxyl groups excluding tert-OH is 1. The molecule has 2 N–H and O–H groups in total. The molecular weight excluding hydrogens is 311 g/mol. The Morgan fingerprint density at radius 1 is 1.39 bits per heavy atom. The first-order valence-corrected chi connectivity index (χ1v) is 6.96. The smallest absolute Gasteiger partial charge is 0.396 e. The van der Waals surface area contributed by atoms with Crippen molar-refractivity contribution < 1.29 is 23.1 Å². The van der Waals surface area contributed by atoms with Crippen LogP contribution in [0.2, 0.25) is 0 Å². The van der Waals surface area contributed by atoms with E-state index in [1.807, 2.05) is 0 Å². The molecule has 5 nitrogen and oxygen atoms in total. The number of amides is 1. The molecular formula is C15H16F3N3O2. The number of aromatic nitrogens is 2. The Kier molecular flexibility index (Phi) is 5.05. The summed E-state index contributed by atoms with van der Waals surface area (Å²) in [6.45, 7) is 1.70. The summed E-state index contributed by atoms with van der Waals surface area (Å²) in [4.78, 5) is 12.1. The lowest BCUT2D eigenvalue weighted by molar-refractivity contribution is -0.141. The first-order valence-electron chi connectivity index (χ1n) is 6.96. The number of benzene rings is 1. The van der Waals surface area contributed by atoms with Gasteiger partial charge in [-0.05, 0) is 37.6 Å². The van der Waals surface area contributed by atoms with E-state index in [4.69, 9.17) is 5.11 Å². The molecule has 0 saturated carbocycles. The zero-order valence-corrected chi connectivity index (χ0v) is 12.3. The van der Waals surface area contributed by atoms with Crippen molar-refractivity contribution in [1.29, 1.82) is 0 Å². The summed E-state index contributed by atoms with van der Waals surface area (Å²) < 4.78 is 38.8. The second-order valence-corrected chi connectivity index (χ2v) is 5.08. The van der Waals surface area contributed by atoms with Gasteiger partial charge in [-0.15, -0.1) is 0 Å². The lowest BCUT2D eigenvalue weighted by Crippen LogP contribution is -2.33. The maximum Gasteiger partial charge on any atom is 0.435 e. The van der Waals surface area contributed by atoms with Crippen LogP contribution in [0, 0.1) is 0 Å². The van der Waals surface area contributed by atoms with Crippen molar-refractivity contribution in [2.24, 2.45) is 0 Å². The topological polar surface area (TPSA) is 67.2 Å². The predicted molar refractivity (Wildman–Crippen MR) is 77.2 cm³/mol. The standard InChI is InChI=1S/C15H16F3N3O2/c1-10(6-8-22)19-14(23)11-3-2-4-12(9-11)21-7-5-13(20-21)15(16,17)18/h2-5,7,9-10,22H,6,8H2,1H3,(H,19,23). The molecule has 0 aliphatic rings. The lowest BCUT2D eigenvalue weighted by atomic mass is 10.1. The van der Waals surface area contributed by atoms with Gasteiger partial charge < -0.3 is 10.4 Å². The number of alkyl halides is 3. The Balaban J connectivity index is 2.20. The number of hydrogen-bond acceptors (Lipinski definition) is 3. The zero-order valence-electron chi connectivity index (χ0n) is 12.3. The molecule has 2 rings (SSSR count). The van der Waals surface area contributed by atoms with E-state index in [-0.39, 0.29) is 18.6 Å². The minimum atomic E-state index is -4.51. The van der Waals surface area contributed by atoms with Gasteiger partial charge in [0.1, 0.15) is 0 Å². The molecule has 0 aliphatic heterocycles. The van der Waals surface area contributed by atoms with Gasteiger partial charge in [0.15, 0.2) is 5.69 Å². The third-order valence-corrected chi connectivity index (χ3v) is 3.19. The minimum absolute atomic E-state index is 0.0466. The number of rotatable bonds is 5. The summed E-state index contributed by atoms with van der Waals surface area (Å²) in [5.74, 6) is -0.365. The predicted octanol–water partition coefficient (Wildman–Crippen LogP) is 2.39. The molecule has 1 unspecified atom stereocenters. The van der Waals surface area contributed by atoms with E-state index in [9.17, 15) is 18.0 Å². The first kappa shape index (κ1) is 17.0. The van der Waals surface area contributed by atoms with Crippen LogP contribution in [0.1, 0.15) is 29.4 Å². The molecule has 0 fully saturated rings. The van der Waals surface area contributed by atoms with Gasteiger partial charge >= 0.3 is 6.18 Å². The maximum absolute atomic E-state index is 12.6. The second kappa shape index (κ2) is 6.82. The number of nitrogens with zero attached hydrogens (tertiary/aromatic N) is 2. The van der Waals surface area contributed by atoms with Crippen LogP contribution in [0.15, 0.2) is 36.5 Å². The van der Waals surface area contributed by atoms with Crippen LogP contribution >= 0.6 is 0 Å². The molecule has 1 aromatic heterocycles. The van der Waals surface area contributed by atoms with E-state index in [0.29, 0.717) is 17.7 Å². The molecule has 8 heteroatoms. The van der Waals surface area contributed by atoms with E-state index < -0.39 is 11.9 Å². The van der Waals surface area contributed by atoms with Crippen molar-refractivity contribution in [2.75, 3.05) is 6.61 Å². The molecule has 1 aromatic carbocycles. The summed E-state index contributed by atoms with van der Waals surface area (Å²) >= 11 is 0. The molecule has 0 bridgehead atoms. The van der Waals surface area contributed by atoms with E-state index >= 15 is 0 Å². The Hall–Kier alpha value is -2.35. The molecule has 0 aliphatic carbocycles. The average Bonchev–Trinajstić information content (AvgIpc) is 2.97.